The standard InChI is InChI=1S/C12H21N3O3S/c1-9(8-15(2)3)14-19(16,17)10-5-6-12(18-4)11(13)7-10/h5-7,9,14H,8,13H2,1-4H3. The van der Waals surface area contributed by atoms with Crippen molar-refractivity contribution in [3.8, 4) is 5.75 Å². The summed E-state index contributed by atoms with van der Waals surface area (Å²) in [6.45, 7) is 2.43. The molecular weight excluding hydrogens is 266 g/mol. The minimum atomic E-state index is -3.56. The van der Waals surface area contributed by atoms with E-state index in [1.807, 2.05) is 25.9 Å². The van der Waals surface area contributed by atoms with Crippen LogP contribution in [0, 0.1) is 0 Å². The van der Waals surface area contributed by atoms with Crippen LogP contribution in [-0.2, 0) is 10.0 Å². The zero-order valence-corrected chi connectivity index (χ0v) is 12.5. The van der Waals surface area contributed by atoms with Crippen LogP contribution < -0.4 is 15.2 Å². The number of likely N-dealkylation sites (N-methyl/N-ethyl adjacent to an activating group) is 1. The van der Waals surface area contributed by atoms with Gasteiger partial charge in [-0.25, -0.2) is 13.1 Å². The number of nitrogen functional groups attached to an aromatic ring is 1. The lowest BCUT2D eigenvalue weighted by molar-refractivity contribution is 0.370. The molecule has 0 heterocycles. The van der Waals surface area contributed by atoms with Gasteiger partial charge in [-0.05, 0) is 39.2 Å². The molecule has 0 aromatic heterocycles. The van der Waals surface area contributed by atoms with Crippen LogP contribution in [0.4, 0.5) is 5.69 Å². The minimum absolute atomic E-state index is 0.136. The largest absolute Gasteiger partial charge is 0.495 e. The molecule has 0 fully saturated rings. The monoisotopic (exact) mass is 287 g/mol. The van der Waals surface area contributed by atoms with Gasteiger partial charge in [0.25, 0.3) is 0 Å². The number of benzene rings is 1. The first-order valence-electron chi connectivity index (χ1n) is 5.87. The van der Waals surface area contributed by atoms with E-state index in [0.717, 1.165) is 0 Å². The molecule has 1 aromatic rings. The van der Waals surface area contributed by atoms with Gasteiger partial charge in [-0.3, -0.25) is 0 Å². The minimum Gasteiger partial charge on any atom is -0.495 e. The van der Waals surface area contributed by atoms with Crippen LogP contribution >= 0.6 is 0 Å². The van der Waals surface area contributed by atoms with Gasteiger partial charge in [-0.2, -0.15) is 0 Å². The third-order valence-electron chi connectivity index (χ3n) is 2.51. The van der Waals surface area contributed by atoms with E-state index >= 15 is 0 Å². The van der Waals surface area contributed by atoms with E-state index in [1.54, 1.807) is 6.07 Å². The molecule has 0 radical (unpaired) electrons. The summed E-state index contributed by atoms with van der Waals surface area (Å²) in [7, 11) is 1.69. The number of nitrogens with zero attached hydrogens (tertiary/aromatic N) is 1. The van der Waals surface area contributed by atoms with Crippen LogP contribution in [-0.4, -0.2) is 47.1 Å². The quantitative estimate of drug-likeness (QED) is 0.745. The maximum Gasteiger partial charge on any atom is 0.240 e. The number of sulfonamides is 1. The molecule has 1 atom stereocenters. The van der Waals surface area contributed by atoms with E-state index < -0.39 is 10.0 Å². The Balaban J connectivity index is 2.91. The summed E-state index contributed by atoms with van der Waals surface area (Å²) in [5.41, 5.74) is 6.01. The smallest absolute Gasteiger partial charge is 0.240 e. The Morgan fingerprint density at radius 2 is 2.05 bits per heavy atom. The molecule has 0 aliphatic carbocycles. The average Bonchev–Trinajstić information content (AvgIpc) is 2.26. The fraction of sp³-hybridized carbons (Fsp3) is 0.500. The third-order valence-corrected chi connectivity index (χ3v) is 4.09. The first kappa shape index (κ1) is 15.7. The van der Waals surface area contributed by atoms with Crippen LogP contribution in [0.1, 0.15) is 6.92 Å². The van der Waals surface area contributed by atoms with Gasteiger partial charge in [0.1, 0.15) is 5.75 Å². The van der Waals surface area contributed by atoms with Gasteiger partial charge < -0.3 is 15.4 Å². The van der Waals surface area contributed by atoms with Crippen molar-refractivity contribution < 1.29 is 13.2 Å². The molecule has 7 heteroatoms. The second-order valence-corrected chi connectivity index (χ2v) is 6.40. The van der Waals surface area contributed by atoms with E-state index in [1.165, 1.54) is 19.2 Å². The molecule has 1 rings (SSSR count). The number of ether oxygens (including phenoxy) is 1. The highest BCUT2D eigenvalue weighted by atomic mass is 32.2. The van der Waals surface area contributed by atoms with Crippen LogP contribution in [0.5, 0.6) is 5.75 Å². The molecule has 0 aliphatic heterocycles. The number of rotatable bonds is 6. The Labute approximate surface area is 114 Å². The Bertz CT molecular complexity index is 529. The third kappa shape index (κ3) is 4.38. The van der Waals surface area contributed by atoms with E-state index in [9.17, 15) is 8.42 Å². The normalized spacial score (nSPS) is 13.5. The van der Waals surface area contributed by atoms with Crippen molar-refractivity contribution in [2.45, 2.75) is 17.9 Å². The topological polar surface area (TPSA) is 84.7 Å². The number of anilines is 1. The van der Waals surface area contributed by atoms with Crippen molar-refractivity contribution in [1.29, 1.82) is 0 Å². The zero-order chi connectivity index (χ0) is 14.6. The second-order valence-electron chi connectivity index (χ2n) is 4.69. The van der Waals surface area contributed by atoms with Crippen molar-refractivity contribution in [2.75, 3.05) is 33.5 Å². The number of methoxy groups -OCH3 is 1. The predicted molar refractivity (Wildman–Crippen MR) is 75.7 cm³/mol. The van der Waals surface area contributed by atoms with Crippen molar-refractivity contribution >= 4 is 15.7 Å². The Morgan fingerprint density at radius 3 is 2.53 bits per heavy atom. The fourth-order valence-electron chi connectivity index (χ4n) is 1.80. The van der Waals surface area contributed by atoms with E-state index in [4.69, 9.17) is 10.5 Å². The van der Waals surface area contributed by atoms with Crippen molar-refractivity contribution in [1.82, 2.24) is 9.62 Å². The summed E-state index contributed by atoms with van der Waals surface area (Å²) in [4.78, 5) is 2.05. The number of nitrogens with one attached hydrogen (secondary N) is 1. The maximum atomic E-state index is 12.1. The first-order chi connectivity index (χ1) is 8.76. The SMILES string of the molecule is COc1ccc(S(=O)(=O)NC(C)CN(C)C)cc1N. The summed E-state index contributed by atoms with van der Waals surface area (Å²) in [6.07, 6.45) is 0. The lowest BCUT2D eigenvalue weighted by Gasteiger charge is -2.18. The second kappa shape index (κ2) is 6.23. The Kier molecular flexibility index (Phi) is 5.16. The zero-order valence-electron chi connectivity index (χ0n) is 11.7. The summed E-state index contributed by atoms with van der Waals surface area (Å²) < 4.78 is 31.9. The van der Waals surface area contributed by atoms with Crippen molar-refractivity contribution in [2.24, 2.45) is 0 Å². The molecule has 1 unspecified atom stereocenters. The molecule has 0 saturated heterocycles. The Morgan fingerprint density at radius 1 is 1.42 bits per heavy atom. The molecule has 0 spiro atoms. The predicted octanol–water partition coefficient (Wildman–Crippen LogP) is 0.506. The summed E-state index contributed by atoms with van der Waals surface area (Å²) >= 11 is 0. The number of hydrogen-bond donors (Lipinski definition) is 2. The molecule has 0 amide bonds. The van der Waals surface area contributed by atoms with Crippen molar-refractivity contribution in [3.63, 3.8) is 0 Å². The molecule has 3 N–H and O–H groups in total. The average molecular weight is 287 g/mol. The van der Waals surface area contributed by atoms with Gasteiger partial charge in [-0.15, -0.1) is 0 Å². The van der Waals surface area contributed by atoms with Crippen LogP contribution in [0.15, 0.2) is 23.1 Å². The Hall–Kier alpha value is -1.31. The summed E-state index contributed by atoms with van der Waals surface area (Å²) in [5.74, 6) is 0.459. The number of hydrogen-bond acceptors (Lipinski definition) is 5. The highest BCUT2D eigenvalue weighted by Crippen LogP contribution is 2.24. The molecule has 1 aromatic carbocycles. The molecule has 0 bridgehead atoms. The highest BCUT2D eigenvalue weighted by molar-refractivity contribution is 7.89. The molecule has 0 aliphatic rings. The first-order valence-corrected chi connectivity index (χ1v) is 7.35. The maximum absolute atomic E-state index is 12.1. The highest BCUT2D eigenvalue weighted by Gasteiger charge is 2.18. The van der Waals surface area contributed by atoms with E-state index in [0.29, 0.717) is 18.0 Å². The molecular formula is C12H21N3O3S. The van der Waals surface area contributed by atoms with Crippen LogP contribution in [0.3, 0.4) is 0 Å². The van der Waals surface area contributed by atoms with Gasteiger partial charge in [0, 0.05) is 12.6 Å². The lowest BCUT2D eigenvalue weighted by Crippen LogP contribution is -2.39. The number of nitrogens with two attached hydrogens (primary N) is 1. The lowest BCUT2D eigenvalue weighted by atomic mass is 10.3. The molecule has 0 saturated carbocycles. The van der Waals surface area contributed by atoms with Gasteiger partial charge in [0.05, 0.1) is 17.7 Å². The molecule has 108 valence electrons. The van der Waals surface area contributed by atoms with Gasteiger partial charge >= 0.3 is 0 Å². The van der Waals surface area contributed by atoms with Crippen molar-refractivity contribution in [3.05, 3.63) is 18.2 Å². The summed E-state index contributed by atoms with van der Waals surface area (Å²) in [6, 6.07) is 4.22. The fourth-order valence-corrected chi connectivity index (χ4v) is 3.07. The van der Waals surface area contributed by atoms with Gasteiger partial charge in [0.2, 0.25) is 10.0 Å². The van der Waals surface area contributed by atoms with Gasteiger partial charge in [0.15, 0.2) is 0 Å². The molecule has 19 heavy (non-hydrogen) atoms. The van der Waals surface area contributed by atoms with Crippen LogP contribution in [0.25, 0.3) is 0 Å². The van der Waals surface area contributed by atoms with E-state index in [-0.39, 0.29) is 10.9 Å². The summed E-state index contributed by atoms with van der Waals surface area (Å²) in [5, 5.41) is 0. The molecule has 6 nitrogen and oxygen atoms in total. The van der Waals surface area contributed by atoms with E-state index in [2.05, 4.69) is 4.72 Å². The van der Waals surface area contributed by atoms with Crippen LogP contribution in [0.2, 0.25) is 0 Å². The van der Waals surface area contributed by atoms with Gasteiger partial charge in [-0.1, -0.05) is 0 Å².